The quantitative estimate of drug-likeness (QED) is 0.273. The van der Waals surface area contributed by atoms with Gasteiger partial charge in [-0.15, -0.1) is 0 Å². The van der Waals surface area contributed by atoms with Crippen LogP contribution in [0.5, 0.6) is 11.5 Å². The topological polar surface area (TPSA) is 78.5 Å². The number of phenols is 1. The van der Waals surface area contributed by atoms with Gasteiger partial charge in [0.25, 0.3) is 5.91 Å². The second kappa shape index (κ2) is 10.1. The number of aryl methyl sites for hydroxylation is 2. The van der Waals surface area contributed by atoms with Gasteiger partial charge in [-0.05, 0) is 72.9 Å². The summed E-state index contributed by atoms with van der Waals surface area (Å²) < 4.78 is 19.4. The molecule has 190 valence electrons. The number of aromatic nitrogens is 2. The lowest BCUT2D eigenvalue weighted by Gasteiger charge is -2.27. The number of amides is 1. The van der Waals surface area contributed by atoms with E-state index in [2.05, 4.69) is 17.1 Å². The van der Waals surface area contributed by atoms with Crippen LogP contribution in [0.3, 0.4) is 0 Å². The minimum Gasteiger partial charge on any atom is -0.507 e. The lowest BCUT2D eigenvalue weighted by molar-refractivity contribution is 0.0730. The fourth-order valence-corrected chi connectivity index (χ4v) is 5.02. The zero-order valence-corrected chi connectivity index (χ0v) is 21.2. The fraction of sp³-hybridized carbons (Fsp3) is 0.267. The Hall–Kier alpha value is -4.13. The molecule has 2 heterocycles. The average Bonchev–Trinajstić information content (AvgIpc) is 3.40. The maximum Gasteiger partial charge on any atom is 0.273 e. The molecule has 1 aliphatic rings. The lowest BCUT2D eigenvalue weighted by atomic mass is 9.93. The van der Waals surface area contributed by atoms with Crippen LogP contribution in [-0.4, -0.2) is 32.7 Å². The summed E-state index contributed by atoms with van der Waals surface area (Å²) in [4.78, 5) is 15.4. The molecule has 1 aliphatic heterocycles. The maximum atomic E-state index is 13.7. The Balaban J connectivity index is 1.60. The third-order valence-electron chi connectivity index (χ3n) is 6.79. The summed E-state index contributed by atoms with van der Waals surface area (Å²) in [7, 11) is 0. The molecule has 0 radical (unpaired) electrons. The SMILES string of the molecule is CCCCOc1ccc(C2c3c(-c4c(C)cc(C)cc4O)n[nH]c3C(=O)N2Cc2ccc(F)cc2)cc1. The van der Waals surface area contributed by atoms with Crippen LogP contribution in [-0.2, 0) is 6.54 Å². The number of fused-ring (bicyclic) bond motifs is 1. The highest BCUT2D eigenvalue weighted by atomic mass is 19.1. The molecule has 1 aromatic heterocycles. The van der Waals surface area contributed by atoms with Crippen LogP contribution >= 0.6 is 0 Å². The van der Waals surface area contributed by atoms with Gasteiger partial charge in [0.05, 0.1) is 12.6 Å². The van der Waals surface area contributed by atoms with Crippen LogP contribution in [0.4, 0.5) is 4.39 Å². The van der Waals surface area contributed by atoms with E-state index >= 15 is 0 Å². The van der Waals surface area contributed by atoms with Gasteiger partial charge in [0.15, 0.2) is 0 Å². The molecule has 37 heavy (non-hydrogen) atoms. The molecule has 0 spiro atoms. The van der Waals surface area contributed by atoms with Gasteiger partial charge in [-0.2, -0.15) is 5.10 Å². The number of unbranched alkanes of at least 4 members (excludes halogenated alkanes) is 1. The zero-order valence-electron chi connectivity index (χ0n) is 21.2. The number of phenolic OH excluding ortho intramolecular Hbond substituents is 1. The number of halogens is 1. The number of rotatable bonds is 8. The first-order chi connectivity index (χ1) is 17.9. The van der Waals surface area contributed by atoms with Crippen molar-refractivity contribution in [3.8, 4) is 22.8 Å². The van der Waals surface area contributed by atoms with Gasteiger partial charge in [-0.1, -0.05) is 43.7 Å². The molecule has 0 saturated heterocycles. The number of carbonyl (C=O) groups excluding carboxylic acids is 1. The fourth-order valence-electron chi connectivity index (χ4n) is 5.02. The van der Waals surface area contributed by atoms with E-state index in [0.29, 0.717) is 35.7 Å². The van der Waals surface area contributed by atoms with Gasteiger partial charge < -0.3 is 14.7 Å². The van der Waals surface area contributed by atoms with Crippen molar-refractivity contribution in [3.63, 3.8) is 0 Å². The van der Waals surface area contributed by atoms with Crippen molar-refractivity contribution in [2.45, 2.75) is 46.2 Å². The van der Waals surface area contributed by atoms with Crippen molar-refractivity contribution >= 4 is 5.91 Å². The van der Waals surface area contributed by atoms with Gasteiger partial charge in [0, 0.05) is 17.7 Å². The maximum absolute atomic E-state index is 13.7. The van der Waals surface area contributed by atoms with Crippen LogP contribution < -0.4 is 4.74 Å². The summed E-state index contributed by atoms with van der Waals surface area (Å²) in [5.41, 5.74) is 5.78. The highest BCUT2D eigenvalue weighted by Crippen LogP contribution is 2.46. The molecule has 2 N–H and O–H groups in total. The molecule has 5 rings (SSSR count). The third-order valence-corrected chi connectivity index (χ3v) is 6.79. The van der Waals surface area contributed by atoms with Crippen LogP contribution in [0.1, 0.15) is 64.1 Å². The molecule has 1 atom stereocenters. The Labute approximate surface area is 215 Å². The number of aromatic amines is 1. The van der Waals surface area contributed by atoms with E-state index in [1.807, 2.05) is 44.2 Å². The molecule has 6 nitrogen and oxygen atoms in total. The third kappa shape index (κ3) is 4.69. The highest BCUT2D eigenvalue weighted by Gasteiger charge is 2.42. The van der Waals surface area contributed by atoms with Crippen molar-refractivity contribution in [1.82, 2.24) is 15.1 Å². The summed E-state index contributed by atoms with van der Waals surface area (Å²) in [6.07, 6.45) is 2.03. The van der Waals surface area contributed by atoms with Crippen LogP contribution in [0.15, 0.2) is 60.7 Å². The lowest BCUT2D eigenvalue weighted by Crippen LogP contribution is -2.29. The highest BCUT2D eigenvalue weighted by molar-refractivity contribution is 6.00. The Bertz CT molecular complexity index is 1400. The summed E-state index contributed by atoms with van der Waals surface area (Å²) in [5.74, 6) is 0.366. The van der Waals surface area contributed by atoms with Crippen molar-refractivity contribution in [3.05, 3.63) is 100.0 Å². The number of hydrogen-bond donors (Lipinski definition) is 2. The van der Waals surface area contributed by atoms with E-state index in [1.165, 1.54) is 12.1 Å². The summed E-state index contributed by atoms with van der Waals surface area (Å²) >= 11 is 0. The smallest absolute Gasteiger partial charge is 0.273 e. The van der Waals surface area contributed by atoms with Gasteiger partial charge in [0.1, 0.15) is 28.7 Å². The minimum atomic E-state index is -0.453. The molecule has 1 amide bonds. The molecule has 7 heteroatoms. The first-order valence-corrected chi connectivity index (χ1v) is 12.5. The second-order valence-corrected chi connectivity index (χ2v) is 9.57. The molecule has 1 unspecified atom stereocenters. The Kier molecular flexibility index (Phi) is 6.70. The van der Waals surface area contributed by atoms with Crippen LogP contribution in [0.25, 0.3) is 11.3 Å². The summed E-state index contributed by atoms with van der Waals surface area (Å²) in [6, 6.07) is 17.2. The van der Waals surface area contributed by atoms with E-state index < -0.39 is 6.04 Å². The van der Waals surface area contributed by atoms with E-state index in [0.717, 1.165) is 40.8 Å². The molecular formula is C30H30FN3O3. The molecule has 4 aromatic rings. The monoisotopic (exact) mass is 499 g/mol. The number of nitrogens with zero attached hydrogens (tertiary/aromatic N) is 2. The number of carbonyl (C=O) groups is 1. The van der Waals surface area contributed by atoms with E-state index in [9.17, 15) is 14.3 Å². The minimum absolute atomic E-state index is 0.120. The number of aromatic hydroxyl groups is 1. The second-order valence-electron chi connectivity index (χ2n) is 9.57. The standard InChI is InChI=1S/C30H30FN3O3/c1-4-5-14-37-23-12-8-21(9-13-23)29-26-27(25-19(3)15-18(2)16-24(25)35)32-33-28(26)30(36)34(29)17-20-6-10-22(31)11-7-20/h6-13,15-16,29,35H,4-5,14,17H2,1-3H3,(H,32,33). The molecular weight excluding hydrogens is 469 g/mol. The number of H-pyrrole nitrogens is 1. The van der Waals surface area contributed by atoms with E-state index in [4.69, 9.17) is 4.74 Å². The van der Waals surface area contributed by atoms with Gasteiger partial charge in [0.2, 0.25) is 0 Å². The Morgan fingerprint density at radius 2 is 1.81 bits per heavy atom. The number of benzene rings is 3. The summed E-state index contributed by atoms with van der Waals surface area (Å²) in [5, 5.41) is 18.3. The van der Waals surface area contributed by atoms with Crippen molar-refractivity contribution in [2.24, 2.45) is 0 Å². The average molecular weight is 500 g/mol. The van der Waals surface area contributed by atoms with Gasteiger partial charge in [-0.25, -0.2) is 4.39 Å². The van der Waals surface area contributed by atoms with Crippen molar-refractivity contribution in [1.29, 1.82) is 0 Å². The Morgan fingerprint density at radius 1 is 1.08 bits per heavy atom. The van der Waals surface area contributed by atoms with Crippen molar-refractivity contribution in [2.75, 3.05) is 6.61 Å². The number of nitrogens with one attached hydrogen (secondary N) is 1. The molecule has 3 aromatic carbocycles. The van der Waals surface area contributed by atoms with Gasteiger partial charge in [-0.3, -0.25) is 9.89 Å². The largest absolute Gasteiger partial charge is 0.507 e. The molecule has 0 aliphatic carbocycles. The van der Waals surface area contributed by atoms with Crippen LogP contribution in [0, 0.1) is 19.7 Å². The van der Waals surface area contributed by atoms with Crippen LogP contribution in [0.2, 0.25) is 0 Å². The number of hydrogen-bond acceptors (Lipinski definition) is 4. The normalized spacial score (nSPS) is 14.8. The van der Waals surface area contributed by atoms with E-state index in [-0.39, 0.29) is 17.5 Å². The van der Waals surface area contributed by atoms with E-state index in [1.54, 1.807) is 23.1 Å². The Morgan fingerprint density at radius 3 is 2.49 bits per heavy atom. The first-order valence-electron chi connectivity index (χ1n) is 12.5. The van der Waals surface area contributed by atoms with Gasteiger partial charge >= 0.3 is 0 Å². The predicted octanol–water partition coefficient (Wildman–Crippen LogP) is 6.46. The summed E-state index contributed by atoms with van der Waals surface area (Å²) in [6.45, 7) is 6.91. The van der Waals surface area contributed by atoms with Crippen molar-refractivity contribution < 1.29 is 19.0 Å². The molecule has 0 saturated carbocycles. The first kappa shape index (κ1) is 24.6. The predicted molar refractivity (Wildman–Crippen MR) is 140 cm³/mol. The molecule has 0 bridgehead atoms. The molecule has 0 fully saturated rings. The number of ether oxygens (including phenoxy) is 1. The zero-order chi connectivity index (χ0) is 26.1.